The Hall–Kier alpha value is -2.33. The van der Waals surface area contributed by atoms with E-state index in [0.29, 0.717) is 13.0 Å². The van der Waals surface area contributed by atoms with Gasteiger partial charge in [-0.3, -0.25) is 4.79 Å². The highest BCUT2D eigenvalue weighted by molar-refractivity contribution is 5.95. The van der Waals surface area contributed by atoms with Crippen LogP contribution in [0.5, 0.6) is 11.5 Å². The van der Waals surface area contributed by atoms with Crippen molar-refractivity contribution in [2.45, 2.75) is 6.42 Å². The maximum Gasteiger partial charge on any atom is 0.227 e. The van der Waals surface area contributed by atoms with Crippen molar-refractivity contribution in [1.82, 2.24) is 0 Å². The fourth-order valence-electron chi connectivity index (χ4n) is 2.47. The first kappa shape index (κ1) is 13.6. The van der Waals surface area contributed by atoms with Crippen LogP contribution in [0, 0.1) is 5.92 Å². The SMILES string of the molecule is O=C1CC(CO)CN1c1ccc(Oc2ccccc2)cc1. The van der Waals surface area contributed by atoms with Crippen molar-refractivity contribution in [2.75, 3.05) is 18.1 Å². The van der Waals surface area contributed by atoms with Gasteiger partial charge in [-0.1, -0.05) is 18.2 Å². The fraction of sp³-hybridized carbons (Fsp3) is 0.235. The van der Waals surface area contributed by atoms with Crippen LogP contribution in [0.1, 0.15) is 6.42 Å². The molecule has 1 heterocycles. The van der Waals surface area contributed by atoms with Crippen molar-refractivity contribution in [2.24, 2.45) is 5.92 Å². The van der Waals surface area contributed by atoms with Crippen molar-refractivity contribution in [3.8, 4) is 11.5 Å². The van der Waals surface area contributed by atoms with Gasteiger partial charge in [0.05, 0.1) is 0 Å². The molecule has 4 nitrogen and oxygen atoms in total. The summed E-state index contributed by atoms with van der Waals surface area (Å²) in [4.78, 5) is 13.6. The Morgan fingerprint density at radius 1 is 1.05 bits per heavy atom. The van der Waals surface area contributed by atoms with Crippen LogP contribution in [-0.2, 0) is 4.79 Å². The zero-order valence-electron chi connectivity index (χ0n) is 11.6. The lowest BCUT2D eigenvalue weighted by molar-refractivity contribution is -0.117. The Morgan fingerprint density at radius 2 is 1.71 bits per heavy atom. The molecule has 0 aliphatic carbocycles. The van der Waals surface area contributed by atoms with E-state index in [1.165, 1.54) is 0 Å². The summed E-state index contributed by atoms with van der Waals surface area (Å²) in [7, 11) is 0. The van der Waals surface area contributed by atoms with Crippen LogP contribution in [0.4, 0.5) is 5.69 Å². The second kappa shape index (κ2) is 5.97. The first-order valence-electron chi connectivity index (χ1n) is 7.00. The topological polar surface area (TPSA) is 49.8 Å². The molecule has 1 unspecified atom stereocenters. The Kier molecular flexibility index (Phi) is 3.88. The van der Waals surface area contributed by atoms with Crippen LogP contribution >= 0.6 is 0 Å². The van der Waals surface area contributed by atoms with Gasteiger partial charge in [0.15, 0.2) is 0 Å². The number of carbonyl (C=O) groups excluding carboxylic acids is 1. The normalized spacial score (nSPS) is 18.0. The molecule has 0 bridgehead atoms. The average molecular weight is 283 g/mol. The minimum Gasteiger partial charge on any atom is -0.457 e. The predicted octanol–water partition coefficient (Wildman–Crippen LogP) is 2.82. The van der Waals surface area contributed by atoms with Crippen LogP contribution in [0.25, 0.3) is 0 Å². The number of aliphatic hydroxyl groups is 1. The highest BCUT2D eigenvalue weighted by atomic mass is 16.5. The van der Waals surface area contributed by atoms with Crippen molar-refractivity contribution in [3.63, 3.8) is 0 Å². The Morgan fingerprint density at radius 3 is 2.33 bits per heavy atom. The first-order valence-corrected chi connectivity index (χ1v) is 7.00. The van der Waals surface area contributed by atoms with E-state index in [9.17, 15) is 4.79 Å². The van der Waals surface area contributed by atoms with Gasteiger partial charge in [-0.15, -0.1) is 0 Å². The third-order valence-electron chi connectivity index (χ3n) is 3.59. The molecule has 1 atom stereocenters. The second-order valence-electron chi connectivity index (χ2n) is 5.17. The standard InChI is InChI=1S/C17H17NO3/c19-12-13-10-17(20)18(11-13)14-6-8-16(9-7-14)21-15-4-2-1-3-5-15/h1-9,13,19H,10-12H2. The quantitative estimate of drug-likeness (QED) is 0.938. The summed E-state index contributed by atoms with van der Waals surface area (Å²) in [6.45, 7) is 0.631. The lowest BCUT2D eigenvalue weighted by Gasteiger charge is -2.17. The van der Waals surface area contributed by atoms with Crippen molar-refractivity contribution in [3.05, 3.63) is 54.6 Å². The summed E-state index contributed by atoms with van der Waals surface area (Å²) in [5.41, 5.74) is 0.844. The van der Waals surface area contributed by atoms with Crippen molar-refractivity contribution >= 4 is 11.6 Å². The van der Waals surface area contributed by atoms with Crippen molar-refractivity contribution < 1.29 is 14.6 Å². The smallest absolute Gasteiger partial charge is 0.227 e. The van der Waals surface area contributed by atoms with Gasteiger partial charge in [0.25, 0.3) is 0 Å². The Labute approximate surface area is 123 Å². The van der Waals surface area contributed by atoms with E-state index in [1.54, 1.807) is 4.90 Å². The minimum absolute atomic E-state index is 0.0396. The maximum absolute atomic E-state index is 11.9. The third-order valence-corrected chi connectivity index (χ3v) is 3.59. The molecule has 3 rings (SSSR count). The third kappa shape index (κ3) is 3.06. The monoisotopic (exact) mass is 283 g/mol. The van der Waals surface area contributed by atoms with Gasteiger partial charge in [0.2, 0.25) is 5.91 Å². The summed E-state index contributed by atoms with van der Waals surface area (Å²) in [6, 6.07) is 17.0. The van der Waals surface area contributed by atoms with Gasteiger partial charge in [0, 0.05) is 31.2 Å². The Balaban J connectivity index is 1.71. The number of hydrogen-bond donors (Lipinski definition) is 1. The summed E-state index contributed by atoms with van der Waals surface area (Å²) in [6.07, 6.45) is 0.415. The molecule has 108 valence electrons. The number of carbonyl (C=O) groups is 1. The highest BCUT2D eigenvalue weighted by Crippen LogP contribution is 2.28. The van der Waals surface area contributed by atoms with Crippen LogP contribution < -0.4 is 9.64 Å². The number of rotatable bonds is 4. The average Bonchev–Trinajstić information content (AvgIpc) is 2.90. The van der Waals surface area contributed by atoms with Crippen LogP contribution in [0.15, 0.2) is 54.6 Å². The molecular weight excluding hydrogens is 266 g/mol. The molecule has 2 aromatic rings. The van der Waals surface area contributed by atoms with Gasteiger partial charge >= 0.3 is 0 Å². The van der Waals surface area contributed by atoms with Crippen LogP contribution in [0.3, 0.4) is 0 Å². The molecule has 2 aromatic carbocycles. The summed E-state index contributed by atoms with van der Waals surface area (Å²) < 4.78 is 5.72. The summed E-state index contributed by atoms with van der Waals surface area (Å²) in [5, 5.41) is 9.16. The maximum atomic E-state index is 11.9. The van der Waals surface area contributed by atoms with E-state index < -0.39 is 0 Å². The Bertz CT molecular complexity index is 610. The number of amides is 1. The number of anilines is 1. The van der Waals surface area contributed by atoms with E-state index in [0.717, 1.165) is 17.2 Å². The molecule has 1 amide bonds. The van der Waals surface area contributed by atoms with Gasteiger partial charge in [-0.05, 0) is 36.4 Å². The van der Waals surface area contributed by atoms with Gasteiger partial charge in [-0.25, -0.2) is 0 Å². The van der Waals surface area contributed by atoms with E-state index in [2.05, 4.69) is 0 Å². The molecule has 4 heteroatoms. The van der Waals surface area contributed by atoms with Gasteiger partial charge < -0.3 is 14.7 Å². The number of benzene rings is 2. The molecular formula is C17H17NO3. The van der Waals surface area contributed by atoms with Gasteiger partial charge in [0.1, 0.15) is 11.5 Å². The van der Waals surface area contributed by atoms with Crippen LogP contribution in [-0.4, -0.2) is 24.2 Å². The molecule has 1 fully saturated rings. The molecule has 1 aliphatic heterocycles. The number of ether oxygens (including phenoxy) is 1. The van der Waals surface area contributed by atoms with Crippen molar-refractivity contribution in [1.29, 1.82) is 0 Å². The molecule has 1 N–H and O–H groups in total. The molecule has 0 saturated carbocycles. The van der Waals surface area contributed by atoms with Gasteiger partial charge in [-0.2, -0.15) is 0 Å². The largest absolute Gasteiger partial charge is 0.457 e. The van der Waals surface area contributed by atoms with E-state index in [-0.39, 0.29) is 18.4 Å². The molecule has 0 spiro atoms. The number of para-hydroxylation sites is 1. The number of nitrogens with zero attached hydrogens (tertiary/aromatic N) is 1. The highest BCUT2D eigenvalue weighted by Gasteiger charge is 2.29. The summed E-state index contributed by atoms with van der Waals surface area (Å²) in [5.74, 6) is 1.61. The molecule has 1 aliphatic rings. The predicted molar refractivity (Wildman–Crippen MR) is 80.5 cm³/mol. The lowest BCUT2D eigenvalue weighted by Crippen LogP contribution is -2.24. The van der Waals surface area contributed by atoms with E-state index in [4.69, 9.17) is 9.84 Å². The number of aliphatic hydroxyl groups excluding tert-OH is 1. The molecule has 1 saturated heterocycles. The fourth-order valence-corrected chi connectivity index (χ4v) is 2.47. The molecule has 0 radical (unpaired) electrons. The zero-order chi connectivity index (χ0) is 14.7. The first-order chi connectivity index (χ1) is 10.3. The van der Waals surface area contributed by atoms with E-state index in [1.807, 2.05) is 54.6 Å². The lowest BCUT2D eigenvalue weighted by atomic mass is 10.1. The molecule has 21 heavy (non-hydrogen) atoms. The second-order valence-corrected chi connectivity index (χ2v) is 5.17. The van der Waals surface area contributed by atoms with Crippen LogP contribution in [0.2, 0.25) is 0 Å². The molecule has 0 aromatic heterocycles. The van der Waals surface area contributed by atoms with E-state index >= 15 is 0 Å². The summed E-state index contributed by atoms with van der Waals surface area (Å²) >= 11 is 0. The number of hydrogen-bond acceptors (Lipinski definition) is 3. The minimum atomic E-state index is 0.0396. The zero-order valence-corrected chi connectivity index (χ0v) is 11.6.